The van der Waals surface area contributed by atoms with Crippen LogP contribution in [0.2, 0.25) is 0 Å². The first-order valence-electron chi connectivity index (χ1n) is 10.1. The van der Waals surface area contributed by atoms with Crippen LogP contribution < -0.4 is 5.32 Å². The molecule has 2 aliphatic rings. The largest absolute Gasteiger partial charge is 0.446 e. The first kappa shape index (κ1) is 22.8. The highest BCUT2D eigenvalue weighted by molar-refractivity contribution is 14.1. The molecule has 0 radical (unpaired) electrons. The van der Waals surface area contributed by atoms with E-state index in [1.807, 2.05) is 48.3 Å². The Morgan fingerprint density at radius 1 is 1.23 bits per heavy atom. The minimum Gasteiger partial charge on any atom is -0.444 e. The van der Waals surface area contributed by atoms with Crippen molar-refractivity contribution in [2.45, 2.75) is 80.6 Å². The van der Waals surface area contributed by atoms with Crippen LogP contribution in [0.1, 0.15) is 46.5 Å². The van der Waals surface area contributed by atoms with Crippen molar-refractivity contribution in [1.82, 2.24) is 14.5 Å². The van der Waals surface area contributed by atoms with Crippen LogP contribution in [0.15, 0.2) is 23.1 Å². The maximum atomic E-state index is 13.0. The number of hydrogen-bond donors (Lipinski definition) is 1. The maximum Gasteiger partial charge on any atom is 0.446 e. The summed E-state index contributed by atoms with van der Waals surface area (Å²) in [5, 5.41) is 7.80. The van der Waals surface area contributed by atoms with Crippen LogP contribution in [0, 0.1) is 3.70 Å². The van der Waals surface area contributed by atoms with Crippen molar-refractivity contribution < 1.29 is 22.7 Å². The normalized spacial score (nSPS) is 24.0. The number of nitrogens with zero attached hydrogens (tertiary/aromatic N) is 3. The predicted octanol–water partition coefficient (Wildman–Crippen LogP) is 5.89. The molecule has 4 rings (SSSR count). The van der Waals surface area contributed by atoms with E-state index in [0.717, 1.165) is 25.7 Å². The van der Waals surface area contributed by atoms with Gasteiger partial charge in [0.05, 0.1) is 16.5 Å². The third kappa shape index (κ3) is 4.86. The van der Waals surface area contributed by atoms with E-state index in [4.69, 9.17) is 4.74 Å². The van der Waals surface area contributed by atoms with Crippen molar-refractivity contribution >= 4 is 51.8 Å². The van der Waals surface area contributed by atoms with E-state index in [1.54, 1.807) is 18.2 Å². The summed E-state index contributed by atoms with van der Waals surface area (Å²) in [5.41, 5.74) is -4.55. The predicted molar refractivity (Wildman–Crippen MR) is 121 cm³/mol. The van der Waals surface area contributed by atoms with Crippen molar-refractivity contribution in [3.05, 3.63) is 21.9 Å². The molecule has 6 nitrogen and oxygen atoms in total. The van der Waals surface area contributed by atoms with E-state index < -0.39 is 11.1 Å². The Balaban J connectivity index is 1.59. The van der Waals surface area contributed by atoms with Crippen LogP contribution >= 0.6 is 34.4 Å². The number of aromatic nitrogens is 2. The second kappa shape index (κ2) is 8.20. The van der Waals surface area contributed by atoms with Crippen LogP contribution in [0.3, 0.4) is 0 Å². The number of hydrogen-bond acceptors (Lipinski definition) is 5. The van der Waals surface area contributed by atoms with Gasteiger partial charge in [-0.2, -0.15) is 18.3 Å². The van der Waals surface area contributed by atoms with E-state index in [9.17, 15) is 18.0 Å². The minimum atomic E-state index is -4.39. The number of ether oxygens (including phenoxy) is 1. The van der Waals surface area contributed by atoms with E-state index in [1.165, 1.54) is 4.52 Å². The molecular formula is C20H24F3IN4O2S. The quantitative estimate of drug-likeness (QED) is 0.370. The van der Waals surface area contributed by atoms with Gasteiger partial charge in [0.25, 0.3) is 0 Å². The number of halogens is 4. The monoisotopic (exact) mass is 568 g/mol. The topological polar surface area (TPSA) is 58.9 Å². The average molecular weight is 568 g/mol. The van der Waals surface area contributed by atoms with Gasteiger partial charge in [0.1, 0.15) is 15.1 Å². The van der Waals surface area contributed by atoms with Crippen molar-refractivity contribution in [3.63, 3.8) is 0 Å². The fourth-order valence-corrected chi connectivity index (χ4v) is 5.89. The molecule has 2 fully saturated rings. The van der Waals surface area contributed by atoms with Gasteiger partial charge in [-0.3, -0.25) is 0 Å². The van der Waals surface area contributed by atoms with E-state index >= 15 is 0 Å². The van der Waals surface area contributed by atoms with Crippen LogP contribution in [0.25, 0.3) is 5.52 Å². The van der Waals surface area contributed by atoms with Crippen LogP contribution in [0.5, 0.6) is 0 Å². The Kier molecular flexibility index (Phi) is 6.03. The van der Waals surface area contributed by atoms with Crippen molar-refractivity contribution in [2.24, 2.45) is 0 Å². The highest BCUT2D eigenvalue weighted by Crippen LogP contribution is 2.42. The molecule has 1 N–H and O–H groups in total. The first-order valence-corrected chi connectivity index (χ1v) is 12.0. The smallest absolute Gasteiger partial charge is 0.444 e. The minimum absolute atomic E-state index is 0.0255. The third-order valence-electron chi connectivity index (χ3n) is 5.55. The zero-order chi connectivity index (χ0) is 22.6. The van der Waals surface area contributed by atoms with Gasteiger partial charge in [0.2, 0.25) is 0 Å². The number of carbonyl (C=O) groups is 1. The molecule has 11 heteroatoms. The molecule has 170 valence electrons. The number of anilines is 1. The number of piperidine rings is 1. The number of amides is 1. The molecular weight excluding hydrogens is 544 g/mol. The SMILES string of the molecule is CC(C)(C)OC(=O)N1[C@H]2CC[C@@H]1[C@H](Nc1cccc3c(SC(F)(F)F)c(I)nn13)CC2. The Hall–Kier alpha value is -1.37. The number of fused-ring (bicyclic) bond motifs is 3. The Bertz CT molecular complexity index is 991. The zero-order valence-electron chi connectivity index (χ0n) is 17.4. The molecule has 2 bridgehead atoms. The Morgan fingerprint density at radius 2 is 1.94 bits per heavy atom. The highest BCUT2D eigenvalue weighted by Gasteiger charge is 2.46. The molecule has 31 heavy (non-hydrogen) atoms. The number of nitrogens with one attached hydrogen (secondary N) is 1. The van der Waals surface area contributed by atoms with Gasteiger partial charge in [-0.15, -0.1) is 0 Å². The number of alkyl halides is 3. The summed E-state index contributed by atoms with van der Waals surface area (Å²) >= 11 is 1.68. The summed E-state index contributed by atoms with van der Waals surface area (Å²) in [4.78, 5) is 14.8. The molecule has 4 heterocycles. The van der Waals surface area contributed by atoms with Crippen LogP contribution in [-0.4, -0.2) is 49.8 Å². The highest BCUT2D eigenvalue weighted by atomic mass is 127. The fourth-order valence-electron chi connectivity index (χ4n) is 4.45. The third-order valence-corrected chi connectivity index (χ3v) is 7.51. The molecule has 0 spiro atoms. The lowest BCUT2D eigenvalue weighted by molar-refractivity contribution is -0.0328. The summed E-state index contributed by atoms with van der Waals surface area (Å²) in [6.45, 7) is 5.55. The number of rotatable bonds is 3. The summed E-state index contributed by atoms with van der Waals surface area (Å²) < 4.78 is 46.4. The van der Waals surface area contributed by atoms with E-state index in [0.29, 0.717) is 15.0 Å². The van der Waals surface area contributed by atoms with E-state index in [-0.39, 0.29) is 40.9 Å². The van der Waals surface area contributed by atoms with Gasteiger partial charge < -0.3 is 15.0 Å². The molecule has 2 aliphatic heterocycles. The molecule has 3 atom stereocenters. The molecule has 0 unspecified atom stereocenters. The number of pyridine rings is 1. The zero-order valence-corrected chi connectivity index (χ0v) is 20.3. The van der Waals surface area contributed by atoms with Crippen molar-refractivity contribution in [2.75, 3.05) is 5.32 Å². The lowest BCUT2D eigenvalue weighted by Crippen LogP contribution is -2.54. The van der Waals surface area contributed by atoms with Gasteiger partial charge in [-0.25, -0.2) is 9.31 Å². The van der Waals surface area contributed by atoms with Gasteiger partial charge in [0.15, 0.2) is 0 Å². The Labute approximate surface area is 196 Å². The molecule has 2 aromatic rings. The van der Waals surface area contributed by atoms with Crippen LogP contribution in [-0.2, 0) is 4.74 Å². The Morgan fingerprint density at radius 3 is 2.61 bits per heavy atom. The second-order valence-electron chi connectivity index (χ2n) is 8.89. The molecule has 0 aromatic carbocycles. The standard InChI is InChI=1S/C20H24F3IN4O2S/c1-19(2,3)30-18(29)27-11-7-9-12(13(27)10-8-11)25-15-6-4-5-14-16(31-20(21,22)23)17(24)26-28(14)15/h4-6,11-13,25H,7-10H2,1-3H3/t11-,12-,13-/m1/s1. The summed E-state index contributed by atoms with van der Waals surface area (Å²) in [7, 11) is 0. The first-order chi connectivity index (χ1) is 14.4. The number of carbonyl (C=O) groups excluding carboxylic acids is 1. The fraction of sp³-hybridized carbons (Fsp3) is 0.600. The summed E-state index contributed by atoms with van der Waals surface area (Å²) in [6.07, 6.45) is 3.21. The van der Waals surface area contributed by atoms with Crippen LogP contribution in [0.4, 0.5) is 23.8 Å². The molecule has 0 aliphatic carbocycles. The van der Waals surface area contributed by atoms with E-state index in [2.05, 4.69) is 10.4 Å². The van der Waals surface area contributed by atoms with Crippen molar-refractivity contribution in [3.8, 4) is 0 Å². The second-order valence-corrected chi connectivity index (χ2v) is 11.0. The molecule has 1 amide bonds. The summed E-state index contributed by atoms with van der Waals surface area (Å²) in [6, 6.07) is 5.28. The maximum absolute atomic E-state index is 13.0. The lowest BCUT2D eigenvalue weighted by atomic mass is 9.97. The summed E-state index contributed by atoms with van der Waals surface area (Å²) in [5.74, 6) is 0.615. The lowest BCUT2D eigenvalue weighted by Gasteiger charge is -2.41. The van der Waals surface area contributed by atoms with Gasteiger partial charge >= 0.3 is 11.6 Å². The average Bonchev–Trinajstić information content (AvgIpc) is 3.12. The molecule has 2 saturated heterocycles. The van der Waals surface area contributed by atoms with Crippen molar-refractivity contribution in [1.29, 1.82) is 0 Å². The van der Waals surface area contributed by atoms with Gasteiger partial charge in [0, 0.05) is 12.1 Å². The van der Waals surface area contributed by atoms with Gasteiger partial charge in [-0.1, -0.05) is 6.07 Å². The molecule has 2 aromatic heterocycles. The van der Waals surface area contributed by atoms with Gasteiger partial charge in [-0.05, 0) is 92.9 Å². The molecule has 0 saturated carbocycles. The number of thioether (sulfide) groups is 1.